The van der Waals surface area contributed by atoms with Gasteiger partial charge in [-0.2, -0.15) is 4.31 Å². The summed E-state index contributed by atoms with van der Waals surface area (Å²) in [7, 11) is -3.12. The number of rotatable bonds is 4. The Kier molecular flexibility index (Phi) is 3.87. The fraction of sp³-hybridized carbons (Fsp3) is 0.583. The van der Waals surface area contributed by atoms with Crippen LogP contribution < -0.4 is 5.32 Å². The molecule has 1 atom stereocenters. The molecule has 1 aliphatic rings. The summed E-state index contributed by atoms with van der Waals surface area (Å²) in [4.78, 5) is 4.03. The summed E-state index contributed by atoms with van der Waals surface area (Å²) in [5, 5.41) is 2.96. The highest BCUT2D eigenvalue weighted by atomic mass is 32.2. The van der Waals surface area contributed by atoms with E-state index < -0.39 is 10.0 Å². The van der Waals surface area contributed by atoms with Crippen molar-refractivity contribution in [1.29, 1.82) is 0 Å². The molecule has 0 bridgehead atoms. The van der Waals surface area contributed by atoms with Gasteiger partial charge in [-0.1, -0.05) is 0 Å². The Balaban J connectivity index is 1.97. The molecule has 18 heavy (non-hydrogen) atoms. The molecule has 0 aliphatic carbocycles. The Morgan fingerprint density at radius 2 is 2.28 bits per heavy atom. The monoisotopic (exact) mass is 269 g/mol. The molecule has 0 radical (unpaired) electrons. The Morgan fingerprint density at radius 1 is 1.50 bits per heavy atom. The standard InChI is InChI=1S/C12H19N3O2S/c1-10(2)18(16,17)15-7-5-12(9-15)14-11-4-3-6-13-8-11/h3-4,6,8,10,12,14H,5,7,9H2,1-2H3. The lowest BCUT2D eigenvalue weighted by atomic mass is 10.2. The first-order chi connectivity index (χ1) is 8.50. The second kappa shape index (κ2) is 5.24. The molecular formula is C12H19N3O2S. The van der Waals surface area contributed by atoms with Gasteiger partial charge in [0.2, 0.25) is 10.0 Å². The quantitative estimate of drug-likeness (QED) is 0.895. The number of aromatic nitrogens is 1. The molecule has 2 heterocycles. The van der Waals surface area contributed by atoms with Gasteiger partial charge in [0.1, 0.15) is 0 Å². The molecule has 0 amide bonds. The fourth-order valence-corrected chi connectivity index (χ4v) is 3.40. The highest BCUT2D eigenvalue weighted by Crippen LogP contribution is 2.20. The van der Waals surface area contributed by atoms with Crippen LogP contribution in [0.1, 0.15) is 20.3 Å². The van der Waals surface area contributed by atoms with Crippen LogP contribution in [0.2, 0.25) is 0 Å². The van der Waals surface area contributed by atoms with Gasteiger partial charge < -0.3 is 5.32 Å². The van der Waals surface area contributed by atoms with Crippen LogP contribution in [0, 0.1) is 0 Å². The number of anilines is 1. The van der Waals surface area contributed by atoms with Crippen LogP contribution in [0.3, 0.4) is 0 Å². The van der Waals surface area contributed by atoms with Gasteiger partial charge in [-0.05, 0) is 32.4 Å². The molecule has 1 N–H and O–H groups in total. The lowest BCUT2D eigenvalue weighted by molar-refractivity contribution is 0.467. The van der Waals surface area contributed by atoms with Crippen LogP contribution in [-0.2, 0) is 10.0 Å². The van der Waals surface area contributed by atoms with Crippen LogP contribution in [0.4, 0.5) is 5.69 Å². The predicted molar refractivity (Wildman–Crippen MR) is 71.9 cm³/mol. The van der Waals surface area contributed by atoms with E-state index in [9.17, 15) is 8.42 Å². The predicted octanol–water partition coefficient (Wildman–Crippen LogP) is 1.31. The van der Waals surface area contributed by atoms with Gasteiger partial charge >= 0.3 is 0 Å². The number of nitrogens with zero attached hydrogens (tertiary/aromatic N) is 2. The lowest BCUT2D eigenvalue weighted by Crippen LogP contribution is -2.36. The molecule has 5 nitrogen and oxygen atoms in total. The van der Waals surface area contributed by atoms with Crippen molar-refractivity contribution in [3.63, 3.8) is 0 Å². The number of pyridine rings is 1. The maximum absolute atomic E-state index is 12.0. The minimum atomic E-state index is -3.12. The van der Waals surface area contributed by atoms with E-state index in [1.54, 1.807) is 30.5 Å². The summed E-state index contributed by atoms with van der Waals surface area (Å²) < 4.78 is 25.6. The van der Waals surface area contributed by atoms with Gasteiger partial charge in [0.25, 0.3) is 0 Å². The maximum atomic E-state index is 12.0. The molecule has 1 aromatic heterocycles. The molecule has 100 valence electrons. The Morgan fingerprint density at radius 3 is 2.89 bits per heavy atom. The molecule has 1 fully saturated rings. The molecule has 1 aromatic rings. The van der Waals surface area contributed by atoms with Crippen LogP contribution in [0.25, 0.3) is 0 Å². The number of hydrogen-bond donors (Lipinski definition) is 1. The van der Waals surface area contributed by atoms with Gasteiger partial charge in [-0.15, -0.1) is 0 Å². The van der Waals surface area contributed by atoms with Crippen LogP contribution in [0.15, 0.2) is 24.5 Å². The fourth-order valence-electron chi connectivity index (χ4n) is 2.06. The molecule has 2 rings (SSSR count). The second-order valence-electron chi connectivity index (χ2n) is 4.82. The first-order valence-electron chi connectivity index (χ1n) is 6.15. The molecule has 0 aromatic carbocycles. The molecule has 1 saturated heterocycles. The largest absolute Gasteiger partial charge is 0.380 e. The zero-order valence-electron chi connectivity index (χ0n) is 10.7. The molecule has 1 unspecified atom stereocenters. The van der Waals surface area contributed by atoms with Crippen molar-refractivity contribution in [3.8, 4) is 0 Å². The zero-order chi connectivity index (χ0) is 13.2. The molecular weight excluding hydrogens is 250 g/mol. The number of hydrogen-bond acceptors (Lipinski definition) is 4. The first-order valence-corrected chi connectivity index (χ1v) is 7.66. The van der Waals surface area contributed by atoms with Crippen molar-refractivity contribution in [3.05, 3.63) is 24.5 Å². The molecule has 0 spiro atoms. The summed E-state index contributed by atoms with van der Waals surface area (Å²) in [6.45, 7) is 4.57. The SMILES string of the molecule is CC(C)S(=O)(=O)N1CCC(Nc2cccnc2)C1. The van der Waals surface area contributed by atoms with E-state index in [0.29, 0.717) is 13.1 Å². The van der Waals surface area contributed by atoms with Gasteiger partial charge in [0.15, 0.2) is 0 Å². The smallest absolute Gasteiger partial charge is 0.216 e. The Bertz CT molecular complexity index is 487. The van der Waals surface area contributed by atoms with Crippen molar-refractivity contribution in [2.24, 2.45) is 0 Å². The van der Waals surface area contributed by atoms with Crippen LogP contribution >= 0.6 is 0 Å². The maximum Gasteiger partial charge on any atom is 0.216 e. The summed E-state index contributed by atoms with van der Waals surface area (Å²) in [6, 6.07) is 3.97. The molecule has 0 saturated carbocycles. The second-order valence-corrected chi connectivity index (χ2v) is 7.31. The topological polar surface area (TPSA) is 62.3 Å². The van der Waals surface area contributed by atoms with E-state index in [4.69, 9.17) is 0 Å². The van der Waals surface area contributed by atoms with Crippen LogP contribution in [-0.4, -0.2) is 42.1 Å². The van der Waals surface area contributed by atoms with E-state index in [1.165, 1.54) is 0 Å². The summed E-state index contributed by atoms with van der Waals surface area (Å²) >= 11 is 0. The summed E-state index contributed by atoms with van der Waals surface area (Å²) in [5.74, 6) is 0. The highest BCUT2D eigenvalue weighted by Gasteiger charge is 2.33. The van der Waals surface area contributed by atoms with Gasteiger partial charge in [-0.25, -0.2) is 8.42 Å². The first kappa shape index (κ1) is 13.3. The third kappa shape index (κ3) is 2.81. The number of sulfonamides is 1. The average molecular weight is 269 g/mol. The summed E-state index contributed by atoms with van der Waals surface area (Å²) in [5.41, 5.74) is 0.936. The van der Waals surface area contributed by atoms with E-state index in [-0.39, 0.29) is 11.3 Å². The van der Waals surface area contributed by atoms with Gasteiger partial charge in [0.05, 0.1) is 10.9 Å². The van der Waals surface area contributed by atoms with Crippen molar-refractivity contribution >= 4 is 15.7 Å². The minimum Gasteiger partial charge on any atom is -0.380 e. The normalized spacial score (nSPS) is 21.4. The van der Waals surface area contributed by atoms with E-state index in [1.807, 2.05) is 12.1 Å². The van der Waals surface area contributed by atoms with E-state index in [0.717, 1.165) is 12.1 Å². The Hall–Kier alpha value is -1.14. The highest BCUT2D eigenvalue weighted by molar-refractivity contribution is 7.89. The van der Waals surface area contributed by atoms with Gasteiger partial charge in [-0.3, -0.25) is 4.98 Å². The third-order valence-electron chi connectivity index (χ3n) is 3.14. The van der Waals surface area contributed by atoms with Crippen molar-refractivity contribution in [1.82, 2.24) is 9.29 Å². The Labute approximate surface area is 108 Å². The van der Waals surface area contributed by atoms with Crippen molar-refractivity contribution < 1.29 is 8.42 Å². The zero-order valence-corrected chi connectivity index (χ0v) is 11.5. The van der Waals surface area contributed by atoms with Crippen molar-refractivity contribution in [2.45, 2.75) is 31.6 Å². The van der Waals surface area contributed by atoms with E-state index in [2.05, 4.69) is 10.3 Å². The van der Waals surface area contributed by atoms with E-state index >= 15 is 0 Å². The van der Waals surface area contributed by atoms with Crippen molar-refractivity contribution in [2.75, 3.05) is 18.4 Å². The number of nitrogens with one attached hydrogen (secondary N) is 1. The minimum absolute atomic E-state index is 0.169. The van der Waals surface area contributed by atoms with Gasteiger partial charge in [0, 0.05) is 31.5 Å². The lowest BCUT2D eigenvalue weighted by Gasteiger charge is -2.19. The molecule has 1 aliphatic heterocycles. The third-order valence-corrected chi connectivity index (χ3v) is 5.38. The average Bonchev–Trinajstić information content (AvgIpc) is 2.79. The van der Waals surface area contributed by atoms with Crippen LogP contribution in [0.5, 0.6) is 0 Å². The summed E-state index contributed by atoms with van der Waals surface area (Å²) in [6.07, 6.45) is 4.30. The molecule has 6 heteroatoms.